The number of nitrogens with two attached hydrogens (primary N) is 2. The fourth-order valence-electron chi connectivity index (χ4n) is 1.48. The maximum atomic E-state index is 7.00. The lowest BCUT2D eigenvalue weighted by Gasteiger charge is -2.07. The van der Waals surface area contributed by atoms with E-state index >= 15 is 0 Å². The fourth-order valence-corrected chi connectivity index (χ4v) is 1.48. The first-order valence-corrected chi connectivity index (χ1v) is 4.93. The molecule has 0 spiro atoms. The van der Waals surface area contributed by atoms with Gasteiger partial charge in [-0.3, -0.25) is 0 Å². The van der Waals surface area contributed by atoms with Gasteiger partial charge in [0.05, 0.1) is 0 Å². The molecular weight excluding hydrogens is 200 g/mol. The number of aliphatic hydroxyl groups excluding tert-OH is 1. The topological polar surface area (TPSA) is 72.3 Å². The molecule has 0 radical (unpaired) electrons. The molecule has 2 aromatic rings. The smallest absolute Gasteiger partial charge is 0.0394 e. The van der Waals surface area contributed by atoms with Crippen molar-refractivity contribution in [3.05, 3.63) is 48.5 Å². The largest absolute Gasteiger partial charge is 0.400 e. The molecule has 0 aliphatic heterocycles. The number of rotatable bonds is 1. The maximum absolute atomic E-state index is 7.00. The molecule has 0 saturated heterocycles. The average molecular weight is 216 g/mol. The van der Waals surface area contributed by atoms with E-state index in [9.17, 15) is 0 Å². The van der Waals surface area contributed by atoms with Gasteiger partial charge in [0.2, 0.25) is 0 Å². The number of hydrogen-bond acceptors (Lipinski definition) is 3. The van der Waals surface area contributed by atoms with Gasteiger partial charge in [-0.25, -0.2) is 0 Å². The molecule has 0 aliphatic rings. The molecule has 0 heterocycles. The summed E-state index contributed by atoms with van der Waals surface area (Å²) in [5.74, 6) is 0. The third-order valence-corrected chi connectivity index (χ3v) is 2.21. The number of para-hydroxylation sites is 2. The van der Waals surface area contributed by atoms with E-state index in [1.807, 2.05) is 48.5 Å². The van der Waals surface area contributed by atoms with Gasteiger partial charge in [0.25, 0.3) is 0 Å². The van der Waals surface area contributed by atoms with Crippen LogP contribution in [0.4, 0.5) is 11.4 Å². The van der Waals surface area contributed by atoms with Crippen LogP contribution >= 0.6 is 0 Å². The van der Waals surface area contributed by atoms with Gasteiger partial charge in [-0.05, 0) is 12.1 Å². The van der Waals surface area contributed by atoms with Crippen LogP contribution in [0.15, 0.2) is 48.5 Å². The van der Waals surface area contributed by atoms with Crippen molar-refractivity contribution in [2.75, 3.05) is 18.6 Å². The highest BCUT2D eigenvalue weighted by Crippen LogP contribution is 2.29. The van der Waals surface area contributed by atoms with Crippen molar-refractivity contribution in [1.82, 2.24) is 0 Å². The zero-order valence-corrected chi connectivity index (χ0v) is 9.22. The standard InChI is InChI=1S/C12H12N2.CH4O/c13-11-7-3-1-5-9(11)10-6-2-4-8-12(10)14;1-2/h1-8H,13-14H2;2H,1H3. The van der Waals surface area contributed by atoms with Gasteiger partial charge in [-0.15, -0.1) is 0 Å². The van der Waals surface area contributed by atoms with Crippen LogP contribution in [0.25, 0.3) is 11.1 Å². The molecule has 3 heteroatoms. The zero-order chi connectivity index (χ0) is 12.0. The van der Waals surface area contributed by atoms with Crippen LogP contribution in [0, 0.1) is 0 Å². The Bertz CT molecular complexity index is 412. The lowest BCUT2D eigenvalue weighted by atomic mass is 10.0. The number of anilines is 2. The lowest BCUT2D eigenvalue weighted by molar-refractivity contribution is 0.399. The fraction of sp³-hybridized carbons (Fsp3) is 0.0769. The summed E-state index contributed by atoms with van der Waals surface area (Å²) in [6.07, 6.45) is 0. The van der Waals surface area contributed by atoms with E-state index in [-0.39, 0.29) is 0 Å². The van der Waals surface area contributed by atoms with Gasteiger partial charge in [-0.2, -0.15) is 0 Å². The van der Waals surface area contributed by atoms with Gasteiger partial charge in [0.15, 0.2) is 0 Å². The van der Waals surface area contributed by atoms with Crippen molar-refractivity contribution in [2.24, 2.45) is 0 Å². The molecule has 0 aliphatic carbocycles. The molecule has 84 valence electrons. The van der Waals surface area contributed by atoms with Crippen molar-refractivity contribution < 1.29 is 5.11 Å². The van der Waals surface area contributed by atoms with E-state index in [1.54, 1.807) is 0 Å². The third-order valence-electron chi connectivity index (χ3n) is 2.21. The lowest BCUT2D eigenvalue weighted by Crippen LogP contribution is -1.93. The molecule has 2 aromatic carbocycles. The monoisotopic (exact) mass is 216 g/mol. The minimum atomic E-state index is 0.755. The van der Waals surface area contributed by atoms with E-state index in [1.165, 1.54) is 0 Å². The SMILES string of the molecule is CO.Nc1ccccc1-c1ccccc1N. The van der Waals surface area contributed by atoms with Crippen molar-refractivity contribution in [1.29, 1.82) is 0 Å². The Morgan fingerprint density at radius 1 is 0.688 bits per heavy atom. The van der Waals surface area contributed by atoms with Gasteiger partial charge >= 0.3 is 0 Å². The predicted molar refractivity (Wildman–Crippen MR) is 68.8 cm³/mol. The summed E-state index contributed by atoms with van der Waals surface area (Å²) < 4.78 is 0. The first kappa shape index (κ1) is 12.1. The molecule has 2 rings (SSSR count). The molecule has 16 heavy (non-hydrogen) atoms. The summed E-state index contributed by atoms with van der Waals surface area (Å²) in [6.45, 7) is 0. The van der Waals surface area contributed by atoms with Crippen molar-refractivity contribution >= 4 is 11.4 Å². The highest BCUT2D eigenvalue weighted by Gasteiger charge is 2.03. The van der Waals surface area contributed by atoms with E-state index in [4.69, 9.17) is 16.6 Å². The highest BCUT2D eigenvalue weighted by molar-refractivity contribution is 5.83. The zero-order valence-electron chi connectivity index (χ0n) is 9.22. The van der Waals surface area contributed by atoms with Crippen LogP contribution in [0.5, 0.6) is 0 Å². The molecule has 0 fully saturated rings. The maximum Gasteiger partial charge on any atom is 0.0394 e. The Hall–Kier alpha value is -2.00. The molecule has 0 unspecified atom stereocenters. The Morgan fingerprint density at radius 2 is 1.00 bits per heavy atom. The second-order valence-electron chi connectivity index (χ2n) is 3.17. The molecule has 0 atom stereocenters. The molecule has 0 amide bonds. The minimum absolute atomic E-state index is 0.755. The highest BCUT2D eigenvalue weighted by atomic mass is 16.2. The summed E-state index contributed by atoms with van der Waals surface area (Å²) in [5.41, 5.74) is 15.2. The summed E-state index contributed by atoms with van der Waals surface area (Å²) >= 11 is 0. The number of aliphatic hydroxyl groups is 1. The predicted octanol–water partition coefficient (Wildman–Crippen LogP) is 2.13. The van der Waals surface area contributed by atoms with Gasteiger partial charge < -0.3 is 16.6 Å². The summed E-state index contributed by atoms with van der Waals surface area (Å²) in [6, 6.07) is 15.4. The van der Waals surface area contributed by atoms with Gasteiger partial charge in [-0.1, -0.05) is 36.4 Å². The van der Waals surface area contributed by atoms with Gasteiger partial charge in [0, 0.05) is 29.6 Å². The molecule has 5 N–H and O–H groups in total. The quantitative estimate of drug-likeness (QED) is 0.639. The molecule has 0 saturated carbocycles. The Morgan fingerprint density at radius 3 is 1.31 bits per heavy atom. The van der Waals surface area contributed by atoms with E-state index in [0.29, 0.717) is 0 Å². The summed E-state index contributed by atoms with van der Waals surface area (Å²) in [4.78, 5) is 0. The molecule has 0 aromatic heterocycles. The molecule has 3 nitrogen and oxygen atoms in total. The Labute approximate surface area is 95.3 Å². The Balaban J connectivity index is 0.000000606. The van der Waals surface area contributed by atoms with Gasteiger partial charge in [0.1, 0.15) is 0 Å². The van der Waals surface area contributed by atoms with E-state index < -0.39 is 0 Å². The van der Waals surface area contributed by atoms with Crippen LogP contribution in [0.2, 0.25) is 0 Å². The minimum Gasteiger partial charge on any atom is -0.400 e. The first-order valence-electron chi connectivity index (χ1n) is 4.93. The normalized spacial score (nSPS) is 9.12. The van der Waals surface area contributed by atoms with Crippen LogP contribution in [0.3, 0.4) is 0 Å². The van der Waals surface area contributed by atoms with E-state index in [0.717, 1.165) is 29.6 Å². The van der Waals surface area contributed by atoms with E-state index in [2.05, 4.69) is 0 Å². The van der Waals surface area contributed by atoms with Crippen LogP contribution in [0.1, 0.15) is 0 Å². The third kappa shape index (κ3) is 2.52. The number of benzene rings is 2. The summed E-state index contributed by atoms with van der Waals surface area (Å²) in [7, 11) is 1.00. The molecular formula is C13H16N2O. The van der Waals surface area contributed by atoms with Crippen LogP contribution in [-0.2, 0) is 0 Å². The molecule has 0 bridgehead atoms. The average Bonchev–Trinajstić information content (AvgIpc) is 2.34. The number of hydrogen-bond donors (Lipinski definition) is 3. The second kappa shape index (κ2) is 5.78. The van der Waals surface area contributed by atoms with Crippen molar-refractivity contribution in [3.8, 4) is 11.1 Å². The first-order chi connectivity index (χ1) is 7.79. The number of nitrogen functional groups attached to an aromatic ring is 2. The van der Waals surface area contributed by atoms with Crippen molar-refractivity contribution in [3.63, 3.8) is 0 Å². The Kier molecular flexibility index (Phi) is 4.36. The van der Waals surface area contributed by atoms with Crippen molar-refractivity contribution in [2.45, 2.75) is 0 Å². The van der Waals surface area contributed by atoms with Crippen LogP contribution in [-0.4, -0.2) is 12.2 Å². The van der Waals surface area contributed by atoms with Crippen LogP contribution < -0.4 is 11.5 Å². The second-order valence-corrected chi connectivity index (χ2v) is 3.17. The summed E-state index contributed by atoms with van der Waals surface area (Å²) in [5, 5.41) is 7.00.